The second kappa shape index (κ2) is 6.39. The van der Waals surface area contributed by atoms with Gasteiger partial charge in [0.25, 0.3) is 0 Å². The first-order valence-electron chi connectivity index (χ1n) is 6.41. The van der Waals surface area contributed by atoms with Crippen LogP contribution in [0.1, 0.15) is 46.0 Å². The van der Waals surface area contributed by atoms with Gasteiger partial charge in [-0.2, -0.15) is 0 Å². The monoisotopic (exact) mass is 281 g/mol. The van der Waals surface area contributed by atoms with Crippen LogP contribution in [0.5, 0.6) is 0 Å². The molecule has 0 unspecified atom stereocenters. The van der Waals surface area contributed by atoms with Crippen molar-refractivity contribution in [3.05, 3.63) is 0 Å². The fourth-order valence-electron chi connectivity index (χ4n) is 2.18. The molecule has 5 heteroatoms. The molecular formula is C12H24ClNO2S. The minimum absolute atomic E-state index is 0.250. The Morgan fingerprint density at radius 1 is 1.18 bits per heavy atom. The third-order valence-electron chi connectivity index (χ3n) is 3.48. The van der Waals surface area contributed by atoms with Gasteiger partial charge in [-0.05, 0) is 37.5 Å². The molecule has 0 N–H and O–H groups in total. The molecule has 1 fully saturated rings. The van der Waals surface area contributed by atoms with E-state index in [2.05, 4.69) is 13.8 Å². The number of nitrogens with zero attached hydrogens (tertiary/aromatic N) is 1. The molecule has 1 rings (SSSR count). The molecule has 17 heavy (non-hydrogen) atoms. The van der Waals surface area contributed by atoms with E-state index in [9.17, 15) is 8.42 Å². The van der Waals surface area contributed by atoms with Crippen molar-refractivity contribution in [1.29, 1.82) is 0 Å². The summed E-state index contributed by atoms with van der Waals surface area (Å²) >= 11 is 5.57. The van der Waals surface area contributed by atoms with E-state index in [1.165, 1.54) is 0 Å². The summed E-state index contributed by atoms with van der Waals surface area (Å²) in [5, 5.41) is 0. The number of unbranched alkanes of at least 4 members (excludes halogenated alkanes) is 1. The molecule has 0 aromatic heterocycles. The molecule has 0 aliphatic carbocycles. The molecule has 0 amide bonds. The maximum Gasteiger partial charge on any atom is 0.214 e. The molecule has 0 radical (unpaired) electrons. The van der Waals surface area contributed by atoms with Crippen LogP contribution in [0.4, 0.5) is 0 Å². The van der Waals surface area contributed by atoms with Crippen LogP contribution in [-0.4, -0.2) is 37.4 Å². The van der Waals surface area contributed by atoms with Gasteiger partial charge in [0.1, 0.15) is 0 Å². The molecule has 102 valence electrons. The number of rotatable bonds is 5. The van der Waals surface area contributed by atoms with Crippen molar-refractivity contribution < 1.29 is 8.42 Å². The van der Waals surface area contributed by atoms with Crippen LogP contribution < -0.4 is 0 Å². The molecule has 0 saturated carbocycles. The Morgan fingerprint density at radius 2 is 1.88 bits per heavy atom. The first-order chi connectivity index (χ1) is 7.87. The third kappa shape index (κ3) is 5.14. The Hall–Kier alpha value is 0.200. The molecule has 3 nitrogen and oxygen atoms in total. The zero-order valence-corrected chi connectivity index (χ0v) is 12.5. The highest BCUT2D eigenvalue weighted by molar-refractivity contribution is 7.89. The van der Waals surface area contributed by atoms with Crippen LogP contribution in [0.15, 0.2) is 0 Å². The van der Waals surface area contributed by atoms with Crippen LogP contribution in [0.2, 0.25) is 0 Å². The van der Waals surface area contributed by atoms with E-state index < -0.39 is 10.0 Å². The summed E-state index contributed by atoms with van der Waals surface area (Å²) in [6.07, 6.45) is 4.50. The normalized spacial score (nSPS) is 22.3. The van der Waals surface area contributed by atoms with Crippen molar-refractivity contribution in [2.45, 2.75) is 46.0 Å². The predicted octanol–water partition coefficient (Wildman–Crippen LogP) is 2.85. The summed E-state index contributed by atoms with van der Waals surface area (Å²) in [5.74, 6) is 0.794. The predicted molar refractivity (Wildman–Crippen MR) is 72.9 cm³/mol. The Morgan fingerprint density at radius 3 is 2.53 bits per heavy atom. The molecule has 0 spiro atoms. The summed E-state index contributed by atoms with van der Waals surface area (Å²) in [4.78, 5) is 0. The Balaban J connectivity index is 2.54. The van der Waals surface area contributed by atoms with E-state index in [0.717, 1.165) is 25.7 Å². The average molecular weight is 282 g/mol. The summed E-state index contributed by atoms with van der Waals surface area (Å²) in [6, 6.07) is 0. The fraction of sp³-hybridized carbons (Fsp3) is 1.00. The number of sulfonamides is 1. The van der Waals surface area contributed by atoms with Crippen LogP contribution in [0.25, 0.3) is 0 Å². The Labute approximate surface area is 111 Å². The highest BCUT2D eigenvalue weighted by Crippen LogP contribution is 2.30. The SMILES string of the molecule is CC1(C)CCCN(S(=O)(=O)CCCCCl)CC1. The topological polar surface area (TPSA) is 37.4 Å². The maximum atomic E-state index is 12.1. The number of hydrogen-bond donors (Lipinski definition) is 0. The minimum Gasteiger partial charge on any atom is -0.212 e. The van der Waals surface area contributed by atoms with Crippen LogP contribution in [-0.2, 0) is 10.0 Å². The van der Waals surface area contributed by atoms with Crippen molar-refractivity contribution in [2.75, 3.05) is 24.7 Å². The number of hydrogen-bond acceptors (Lipinski definition) is 2. The molecule has 0 atom stereocenters. The van der Waals surface area contributed by atoms with Gasteiger partial charge in [-0.3, -0.25) is 0 Å². The first-order valence-corrected chi connectivity index (χ1v) is 8.56. The number of halogens is 1. The van der Waals surface area contributed by atoms with Crippen molar-refractivity contribution in [2.24, 2.45) is 5.41 Å². The second-order valence-electron chi connectivity index (χ2n) is 5.63. The lowest BCUT2D eigenvalue weighted by Gasteiger charge is -2.23. The third-order valence-corrected chi connectivity index (χ3v) is 5.70. The second-order valence-corrected chi connectivity index (χ2v) is 8.10. The van der Waals surface area contributed by atoms with Gasteiger partial charge >= 0.3 is 0 Å². The lowest BCUT2D eigenvalue weighted by molar-refractivity contribution is 0.314. The highest BCUT2D eigenvalue weighted by atomic mass is 35.5. The molecule has 1 aliphatic rings. The van der Waals surface area contributed by atoms with Gasteiger partial charge < -0.3 is 0 Å². The number of alkyl halides is 1. The minimum atomic E-state index is -3.05. The molecule has 1 aliphatic heterocycles. The smallest absolute Gasteiger partial charge is 0.212 e. The standard InChI is InChI=1S/C12H24ClNO2S/c1-12(2)6-5-9-14(10-7-12)17(15,16)11-4-3-8-13/h3-11H2,1-2H3. The van der Waals surface area contributed by atoms with Gasteiger partial charge in [0.05, 0.1) is 5.75 Å². The quantitative estimate of drug-likeness (QED) is 0.574. The summed E-state index contributed by atoms with van der Waals surface area (Å²) < 4.78 is 25.9. The highest BCUT2D eigenvalue weighted by Gasteiger charge is 2.28. The lowest BCUT2D eigenvalue weighted by Crippen LogP contribution is -2.34. The molecular weight excluding hydrogens is 258 g/mol. The Kier molecular flexibility index (Phi) is 5.74. The van der Waals surface area contributed by atoms with Crippen molar-refractivity contribution >= 4 is 21.6 Å². The van der Waals surface area contributed by atoms with E-state index in [1.807, 2.05) is 0 Å². The van der Waals surface area contributed by atoms with E-state index in [4.69, 9.17) is 11.6 Å². The van der Waals surface area contributed by atoms with Crippen molar-refractivity contribution in [3.8, 4) is 0 Å². The van der Waals surface area contributed by atoms with Crippen LogP contribution >= 0.6 is 11.6 Å². The van der Waals surface area contributed by atoms with Gasteiger partial charge in [0.2, 0.25) is 10.0 Å². The van der Waals surface area contributed by atoms with Gasteiger partial charge in [-0.25, -0.2) is 12.7 Å². The van der Waals surface area contributed by atoms with Gasteiger partial charge in [-0.15, -0.1) is 11.6 Å². The summed E-state index contributed by atoms with van der Waals surface area (Å²) in [7, 11) is -3.05. The molecule has 0 bridgehead atoms. The van der Waals surface area contributed by atoms with Crippen LogP contribution in [0.3, 0.4) is 0 Å². The van der Waals surface area contributed by atoms with Crippen molar-refractivity contribution in [3.63, 3.8) is 0 Å². The summed E-state index contributed by atoms with van der Waals surface area (Å²) in [5.41, 5.74) is 0.278. The van der Waals surface area contributed by atoms with Crippen LogP contribution in [0, 0.1) is 5.41 Å². The zero-order valence-electron chi connectivity index (χ0n) is 10.9. The lowest BCUT2D eigenvalue weighted by atomic mass is 9.85. The molecule has 1 heterocycles. The largest absolute Gasteiger partial charge is 0.214 e. The van der Waals surface area contributed by atoms with Gasteiger partial charge in [0.15, 0.2) is 0 Å². The first kappa shape index (κ1) is 15.3. The van der Waals surface area contributed by atoms with Gasteiger partial charge in [0, 0.05) is 19.0 Å². The van der Waals surface area contributed by atoms with E-state index in [1.54, 1.807) is 4.31 Å². The molecule has 1 saturated heterocycles. The molecule has 0 aromatic carbocycles. The maximum absolute atomic E-state index is 12.1. The van der Waals surface area contributed by atoms with E-state index in [0.29, 0.717) is 25.4 Å². The Bertz CT molecular complexity index is 327. The van der Waals surface area contributed by atoms with Crippen molar-refractivity contribution in [1.82, 2.24) is 4.31 Å². The van der Waals surface area contributed by atoms with E-state index >= 15 is 0 Å². The zero-order chi connectivity index (χ0) is 12.9. The average Bonchev–Trinajstić information content (AvgIpc) is 2.40. The fourth-order valence-corrected chi connectivity index (χ4v) is 3.98. The van der Waals surface area contributed by atoms with Gasteiger partial charge in [-0.1, -0.05) is 13.8 Å². The molecule has 0 aromatic rings. The van der Waals surface area contributed by atoms with E-state index in [-0.39, 0.29) is 11.2 Å². The summed E-state index contributed by atoms with van der Waals surface area (Å²) in [6.45, 7) is 5.80.